The molecule has 1 N–H and O–H groups in total. The molecule has 22 heavy (non-hydrogen) atoms. The average molecular weight is 381 g/mol. The van der Waals surface area contributed by atoms with Crippen LogP contribution in [0, 0.1) is 0 Å². The molecule has 0 fully saturated rings. The molecule has 0 saturated carbocycles. The maximum absolute atomic E-state index is 11.2. The van der Waals surface area contributed by atoms with Crippen molar-refractivity contribution in [2.45, 2.75) is 13.3 Å². The Kier molecular flexibility index (Phi) is 3.88. The molecule has 2 aromatic heterocycles. The molecule has 7 heteroatoms. The summed E-state index contributed by atoms with van der Waals surface area (Å²) in [5.74, 6) is -1.05. The van der Waals surface area contributed by atoms with E-state index in [1.807, 2.05) is 19.1 Å². The Morgan fingerprint density at radius 2 is 2.14 bits per heavy atom. The van der Waals surface area contributed by atoms with Crippen molar-refractivity contribution in [3.8, 4) is 11.3 Å². The van der Waals surface area contributed by atoms with Crippen molar-refractivity contribution < 1.29 is 9.90 Å². The van der Waals surface area contributed by atoms with Gasteiger partial charge in [0, 0.05) is 21.8 Å². The van der Waals surface area contributed by atoms with Crippen LogP contribution in [0.15, 0.2) is 34.8 Å². The molecule has 0 aliphatic carbocycles. The number of aromatic carboxylic acids is 1. The van der Waals surface area contributed by atoms with Crippen LogP contribution in [0.4, 0.5) is 0 Å². The Morgan fingerprint density at radius 1 is 1.36 bits per heavy atom. The van der Waals surface area contributed by atoms with Gasteiger partial charge in [-0.05, 0) is 24.6 Å². The van der Waals surface area contributed by atoms with E-state index in [1.54, 1.807) is 16.6 Å². The van der Waals surface area contributed by atoms with Gasteiger partial charge in [-0.25, -0.2) is 14.3 Å². The minimum atomic E-state index is -1.05. The number of hydrogen-bond acceptors (Lipinski definition) is 3. The number of rotatable bonds is 3. The number of hydrogen-bond donors (Lipinski definition) is 1. The molecular formula is C15H11BrClN3O2. The van der Waals surface area contributed by atoms with Crippen molar-refractivity contribution in [3.05, 3.63) is 51.2 Å². The van der Waals surface area contributed by atoms with Gasteiger partial charge in [0.1, 0.15) is 0 Å². The van der Waals surface area contributed by atoms with Gasteiger partial charge < -0.3 is 5.11 Å². The maximum atomic E-state index is 11.2. The van der Waals surface area contributed by atoms with Crippen molar-refractivity contribution >= 4 is 39.1 Å². The zero-order chi connectivity index (χ0) is 15.9. The molecule has 3 rings (SSSR count). The van der Waals surface area contributed by atoms with E-state index in [9.17, 15) is 4.79 Å². The molecular weight excluding hydrogens is 370 g/mol. The largest absolute Gasteiger partial charge is 0.477 e. The summed E-state index contributed by atoms with van der Waals surface area (Å²) in [5, 5.41) is 14.2. The van der Waals surface area contributed by atoms with Gasteiger partial charge in [0.15, 0.2) is 11.3 Å². The van der Waals surface area contributed by atoms with Crippen molar-refractivity contribution in [2.24, 2.45) is 0 Å². The molecule has 0 amide bonds. The fourth-order valence-corrected chi connectivity index (χ4v) is 3.00. The molecule has 112 valence electrons. The Hall–Kier alpha value is -1.92. The molecule has 0 unspecified atom stereocenters. The normalized spacial score (nSPS) is 11.0. The molecule has 0 aliphatic heterocycles. The first-order valence-electron chi connectivity index (χ1n) is 6.58. The van der Waals surface area contributed by atoms with Crippen LogP contribution in [0.1, 0.15) is 23.1 Å². The first-order chi connectivity index (χ1) is 10.5. The van der Waals surface area contributed by atoms with Crippen LogP contribution >= 0.6 is 27.5 Å². The molecule has 5 nitrogen and oxygen atoms in total. The minimum Gasteiger partial charge on any atom is -0.477 e. The third kappa shape index (κ3) is 2.60. The average Bonchev–Trinajstić information content (AvgIpc) is 2.89. The van der Waals surface area contributed by atoms with Crippen molar-refractivity contribution in [1.82, 2.24) is 14.6 Å². The van der Waals surface area contributed by atoms with Gasteiger partial charge >= 0.3 is 5.97 Å². The van der Waals surface area contributed by atoms with Gasteiger partial charge in [-0.1, -0.05) is 40.5 Å². The zero-order valence-corrected chi connectivity index (χ0v) is 13.9. The highest BCUT2D eigenvalue weighted by Crippen LogP contribution is 2.30. The molecule has 0 atom stereocenters. The molecule has 0 aliphatic rings. The highest BCUT2D eigenvalue weighted by atomic mass is 79.9. The lowest BCUT2D eigenvalue weighted by Crippen LogP contribution is -2.06. The Balaban J connectivity index is 2.22. The van der Waals surface area contributed by atoms with E-state index in [1.165, 1.54) is 6.07 Å². The van der Waals surface area contributed by atoms with Crippen LogP contribution in [0.3, 0.4) is 0 Å². The molecule has 2 heterocycles. The van der Waals surface area contributed by atoms with Gasteiger partial charge in [0.05, 0.1) is 10.7 Å². The predicted octanol–water partition coefficient (Wildman–Crippen LogP) is 4.07. The second-order valence-corrected chi connectivity index (χ2v) is 6.04. The molecule has 0 spiro atoms. The fraction of sp³-hybridized carbons (Fsp3) is 0.133. The number of carboxylic acid groups (broad SMARTS) is 1. The number of halogens is 2. The SMILES string of the molecule is CCc1cc(C(=O)O)nc2cc(-c3ccc(Br)cc3Cl)nn12. The number of fused-ring (bicyclic) bond motifs is 1. The number of carboxylic acids is 1. The topological polar surface area (TPSA) is 67.5 Å². The lowest BCUT2D eigenvalue weighted by molar-refractivity contribution is 0.0690. The number of aryl methyl sites for hydroxylation is 1. The summed E-state index contributed by atoms with van der Waals surface area (Å²) in [6.07, 6.45) is 0.647. The van der Waals surface area contributed by atoms with Gasteiger partial charge in [0.2, 0.25) is 0 Å². The van der Waals surface area contributed by atoms with E-state index in [0.29, 0.717) is 22.8 Å². The Labute approximate surface area is 139 Å². The maximum Gasteiger partial charge on any atom is 0.354 e. The summed E-state index contributed by atoms with van der Waals surface area (Å²) in [6.45, 7) is 1.94. The number of aromatic nitrogens is 3. The lowest BCUT2D eigenvalue weighted by atomic mass is 10.1. The van der Waals surface area contributed by atoms with E-state index >= 15 is 0 Å². The van der Waals surface area contributed by atoms with Gasteiger partial charge in [-0.2, -0.15) is 5.10 Å². The highest BCUT2D eigenvalue weighted by Gasteiger charge is 2.14. The zero-order valence-electron chi connectivity index (χ0n) is 11.5. The van der Waals surface area contributed by atoms with E-state index in [4.69, 9.17) is 16.7 Å². The summed E-state index contributed by atoms with van der Waals surface area (Å²) in [5.41, 5.74) is 2.71. The molecule has 0 bridgehead atoms. The second kappa shape index (κ2) is 5.70. The van der Waals surface area contributed by atoms with Crippen LogP contribution < -0.4 is 0 Å². The van der Waals surface area contributed by atoms with Crippen LogP contribution in [-0.4, -0.2) is 25.7 Å². The monoisotopic (exact) mass is 379 g/mol. The number of benzene rings is 1. The van der Waals surface area contributed by atoms with Crippen LogP contribution in [-0.2, 0) is 6.42 Å². The minimum absolute atomic E-state index is 0.0118. The smallest absolute Gasteiger partial charge is 0.354 e. The van der Waals surface area contributed by atoms with Crippen molar-refractivity contribution in [3.63, 3.8) is 0 Å². The first-order valence-corrected chi connectivity index (χ1v) is 7.75. The quantitative estimate of drug-likeness (QED) is 0.743. The summed E-state index contributed by atoms with van der Waals surface area (Å²) in [4.78, 5) is 15.3. The van der Waals surface area contributed by atoms with Gasteiger partial charge in [-0.3, -0.25) is 0 Å². The summed E-state index contributed by atoms with van der Waals surface area (Å²) in [7, 11) is 0. The number of carbonyl (C=O) groups is 1. The fourth-order valence-electron chi connectivity index (χ4n) is 2.23. The van der Waals surface area contributed by atoms with Gasteiger partial charge in [-0.15, -0.1) is 0 Å². The lowest BCUT2D eigenvalue weighted by Gasteiger charge is -2.03. The van der Waals surface area contributed by atoms with Crippen LogP contribution in [0.5, 0.6) is 0 Å². The van der Waals surface area contributed by atoms with Crippen molar-refractivity contribution in [1.29, 1.82) is 0 Å². The third-order valence-electron chi connectivity index (χ3n) is 3.29. The molecule has 0 radical (unpaired) electrons. The summed E-state index contributed by atoms with van der Waals surface area (Å²) >= 11 is 9.62. The van der Waals surface area contributed by atoms with Crippen LogP contribution in [0.25, 0.3) is 16.9 Å². The number of nitrogens with zero attached hydrogens (tertiary/aromatic N) is 3. The third-order valence-corrected chi connectivity index (χ3v) is 4.10. The predicted molar refractivity (Wildman–Crippen MR) is 87.5 cm³/mol. The standard InChI is InChI=1S/C15H11BrClN3O2/c1-2-9-6-13(15(21)22)18-14-7-12(19-20(9)14)10-4-3-8(16)5-11(10)17/h3-7H,2H2,1H3,(H,21,22). The van der Waals surface area contributed by atoms with E-state index in [-0.39, 0.29) is 5.69 Å². The first kappa shape index (κ1) is 15.0. The van der Waals surface area contributed by atoms with E-state index in [2.05, 4.69) is 26.0 Å². The Bertz CT molecular complexity index is 892. The van der Waals surface area contributed by atoms with Crippen LogP contribution in [0.2, 0.25) is 5.02 Å². The summed E-state index contributed by atoms with van der Waals surface area (Å²) < 4.78 is 2.53. The highest BCUT2D eigenvalue weighted by molar-refractivity contribution is 9.10. The summed E-state index contributed by atoms with van der Waals surface area (Å²) in [6, 6.07) is 8.80. The van der Waals surface area contributed by atoms with E-state index in [0.717, 1.165) is 15.7 Å². The van der Waals surface area contributed by atoms with Crippen molar-refractivity contribution in [2.75, 3.05) is 0 Å². The molecule has 3 aromatic rings. The van der Waals surface area contributed by atoms with Gasteiger partial charge in [0.25, 0.3) is 0 Å². The molecule has 1 aromatic carbocycles. The second-order valence-electron chi connectivity index (χ2n) is 4.72. The van der Waals surface area contributed by atoms with E-state index < -0.39 is 5.97 Å². The molecule has 0 saturated heterocycles. The Morgan fingerprint density at radius 3 is 2.77 bits per heavy atom.